The summed E-state index contributed by atoms with van der Waals surface area (Å²) in [6.07, 6.45) is -0.0343. The Morgan fingerprint density at radius 3 is 2.38 bits per heavy atom. The normalized spacial score (nSPS) is 11.5. The summed E-state index contributed by atoms with van der Waals surface area (Å²) in [5, 5.41) is 14.4. The maximum absolute atomic E-state index is 12.4. The van der Waals surface area contributed by atoms with E-state index in [0.29, 0.717) is 11.3 Å². The highest BCUT2D eigenvalue weighted by atomic mass is 16.4. The van der Waals surface area contributed by atoms with Crippen LogP contribution in [0.15, 0.2) is 48.5 Å². The Kier molecular flexibility index (Phi) is 6.49. The first kappa shape index (κ1) is 19.2. The number of aliphatic carboxylic acids is 1. The van der Waals surface area contributed by atoms with Gasteiger partial charge in [-0.2, -0.15) is 0 Å². The van der Waals surface area contributed by atoms with Gasteiger partial charge in [0, 0.05) is 12.6 Å². The molecule has 2 aromatic rings. The lowest BCUT2D eigenvalue weighted by Crippen LogP contribution is -2.29. The van der Waals surface area contributed by atoms with Gasteiger partial charge in [-0.1, -0.05) is 42.0 Å². The number of hydrogen-bond acceptors (Lipinski definition) is 3. The van der Waals surface area contributed by atoms with Gasteiger partial charge in [0.2, 0.25) is 11.8 Å². The lowest BCUT2D eigenvalue weighted by atomic mass is 10.0. The minimum absolute atomic E-state index is 0.0752. The maximum Gasteiger partial charge on any atom is 0.307 e. The number of aryl methyl sites for hydroxylation is 1. The molecule has 0 aromatic heterocycles. The summed E-state index contributed by atoms with van der Waals surface area (Å²) in [7, 11) is 0. The van der Waals surface area contributed by atoms with Gasteiger partial charge in [-0.05, 0) is 30.2 Å². The van der Waals surface area contributed by atoms with Crippen molar-refractivity contribution < 1.29 is 19.5 Å². The van der Waals surface area contributed by atoms with E-state index in [-0.39, 0.29) is 24.7 Å². The van der Waals surface area contributed by atoms with Crippen molar-refractivity contribution in [3.63, 3.8) is 0 Å². The van der Waals surface area contributed by atoms with Gasteiger partial charge in [0.15, 0.2) is 0 Å². The van der Waals surface area contributed by atoms with Crippen LogP contribution in [0, 0.1) is 6.92 Å². The van der Waals surface area contributed by atoms with Crippen molar-refractivity contribution in [3.05, 3.63) is 65.2 Å². The largest absolute Gasteiger partial charge is 0.481 e. The van der Waals surface area contributed by atoms with Crippen molar-refractivity contribution in [1.29, 1.82) is 0 Å². The number of nitrogens with one attached hydrogen (secondary N) is 2. The Morgan fingerprint density at radius 1 is 1.08 bits per heavy atom. The van der Waals surface area contributed by atoms with E-state index in [1.54, 1.807) is 24.3 Å². The second kappa shape index (κ2) is 8.80. The molecule has 0 fully saturated rings. The minimum atomic E-state index is -0.932. The topological polar surface area (TPSA) is 95.5 Å². The van der Waals surface area contributed by atoms with E-state index in [0.717, 1.165) is 11.1 Å². The molecule has 3 N–H and O–H groups in total. The van der Waals surface area contributed by atoms with Gasteiger partial charge < -0.3 is 15.7 Å². The standard InChI is InChI=1S/C20H22N2O4/c1-13-6-8-16(9-7-13)18(21-14(2)23)12-19(24)22-17-5-3-4-15(10-17)11-20(25)26/h3-10,18H,11-12H2,1-2H3,(H,21,23)(H,22,24)(H,25,26). The molecular weight excluding hydrogens is 332 g/mol. The average Bonchev–Trinajstić information content (AvgIpc) is 2.54. The highest BCUT2D eigenvalue weighted by Gasteiger charge is 2.17. The first-order valence-corrected chi connectivity index (χ1v) is 8.27. The zero-order chi connectivity index (χ0) is 19.1. The quantitative estimate of drug-likeness (QED) is 0.712. The van der Waals surface area contributed by atoms with Crippen molar-refractivity contribution in [2.75, 3.05) is 5.32 Å². The molecule has 1 unspecified atom stereocenters. The lowest BCUT2D eigenvalue weighted by molar-refractivity contribution is -0.136. The van der Waals surface area contributed by atoms with Crippen LogP contribution in [-0.2, 0) is 20.8 Å². The van der Waals surface area contributed by atoms with Crippen molar-refractivity contribution in [1.82, 2.24) is 5.32 Å². The molecule has 26 heavy (non-hydrogen) atoms. The predicted molar refractivity (Wildman–Crippen MR) is 98.8 cm³/mol. The van der Waals surface area contributed by atoms with Gasteiger partial charge in [0.25, 0.3) is 0 Å². The highest BCUT2D eigenvalue weighted by molar-refractivity contribution is 5.91. The summed E-state index contributed by atoms with van der Waals surface area (Å²) in [5.41, 5.74) is 3.07. The molecule has 0 aliphatic heterocycles. The monoisotopic (exact) mass is 354 g/mol. The summed E-state index contributed by atoms with van der Waals surface area (Å²) in [4.78, 5) is 34.7. The van der Waals surface area contributed by atoms with E-state index in [2.05, 4.69) is 10.6 Å². The zero-order valence-corrected chi connectivity index (χ0v) is 14.8. The molecule has 2 amide bonds. The Morgan fingerprint density at radius 2 is 1.77 bits per heavy atom. The Hall–Kier alpha value is -3.15. The summed E-state index contributed by atoms with van der Waals surface area (Å²) in [5.74, 6) is -1.41. The fraction of sp³-hybridized carbons (Fsp3) is 0.250. The van der Waals surface area contributed by atoms with Gasteiger partial charge in [-0.15, -0.1) is 0 Å². The van der Waals surface area contributed by atoms with Crippen molar-refractivity contribution >= 4 is 23.5 Å². The van der Waals surface area contributed by atoms with Crippen LogP contribution in [0.25, 0.3) is 0 Å². The molecule has 0 heterocycles. The van der Waals surface area contributed by atoms with Crippen LogP contribution >= 0.6 is 0 Å². The van der Waals surface area contributed by atoms with Crippen LogP contribution in [0.2, 0.25) is 0 Å². The van der Waals surface area contributed by atoms with Crippen LogP contribution in [0.3, 0.4) is 0 Å². The second-order valence-corrected chi connectivity index (χ2v) is 6.19. The van der Waals surface area contributed by atoms with Crippen LogP contribution in [0.4, 0.5) is 5.69 Å². The predicted octanol–water partition coefficient (Wildman–Crippen LogP) is 2.83. The Balaban J connectivity index is 2.08. The molecule has 0 saturated heterocycles. The molecule has 0 aliphatic carbocycles. The van der Waals surface area contributed by atoms with E-state index in [9.17, 15) is 14.4 Å². The van der Waals surface area contributed by atoms with Crippen molar-refractivity contribution in [2.45, 2.75) is 32.7 Å². The first-order chi connectivity index (χ1) is 12.3. The number of amides is 2. The smallest absolute Gasteiger partial charge is 0.307 e. The number of anilines is 1. The van der Waals surface area contributed by atoms with Crippen molar-refractivity contribution in [3.8, 4) is 0 Å². The van der Waals surface area contributed by atoms with E-state index in [1.165, 1.54) is 6.92 Å². The van der Waals surface area contributed by atoms with E-state index in [4.69, 9.17) is 5.11 Å². The van der Waals surface area contributed by atoms with Gasteiger partial charge in [-0.3, -0.25) is 14.4 Å². The molecule has 1 atom stereocenters. The van der Waals surface area contributed by atoms with Gasteiger partial charge >= 0.3 is 5.97 Å². The summed E-state index contributed by atoms with van der Waals surface area (Å²) in [6, 6.07) is 13.9. The number of carboxylic acid groups (broad SMARTS) is 1. The van der Waals surface area contributed by atoms with Crippen LogP contribution in [-0.4, -0.2) is 22.9 Å². The second-order valence-electron chi connectivity index (χ2n) is 6.19. The number of rotatable bonds is 7. The van der Waals surface area contributed by atoms with Crippen molar-refractivity contribution in [2.24, 2.45) is 0 Å². The number of carboxylic acids is 1. The Bertz CT molecular complexity index is 800. The molecule has 0 saturated carbocycles. The Labute approximate surface area is 152 Å². The third-order valence-electron chi connectivity index (χ3n) is 3.81. The number of benzene rings is 2. The molecule has 136 valence electrons. The van der Waals surface area contributed by atoms with Gasteiger partial charge in [0.1, 0.15) is 0 Å². The first-order valence-electron chi connectivity index (χ1n) is 8.27. The summed E-state index contributed by atoms with van der Waals surface area (Å²) < 4.78 is 0. The SMILES string of the molecule is CC(=O)NC(CC(=O)Nc1cccc(CC(=O)O)c1)c1ccc(C)cc1. The third kappa shape index (κ3) is 6.05. The fourth-order valence-electron chi connectivity index (χ4n) is 2.63. The zero-order valence-electron chi connectivity index (χ0n) is 14.8. The highest BCUT2D eigenvalue weighted by Crippen LogP contribution is 2.19. The van der Waals surface area contributed by atoms with Gasteiger partial charge in [-0.25, -0.2) is 0 Å². The van der Waals surface area contributed by atoms with E-state index >= 15 is 0 Å². The van der Waals surface area contributed by atoms with Crippen LogP contribution in [0.5, 0.6) is 0 Å². The molecule has 0 aliphatic rings. The van der Waals surface area contributed by atoms with E-state index in [1.807, 2.05) is 31.2 Å². The average molecular weight is 354 g/mol. The number of carbonyl (C=O) groups is 3. The molecule has 0 spiro atoms. The third-order valence-corrected chi connectivity index (χ3v) is 3.81. The number of hydrogen-bond donors (Lipinski definition) is 3. The minimum Gasteiger partial charge on any atom is -0.481 e. The molecule has 0 bridgehead atoms. The van der Waals surface area contributed by atoms with Gasteiger partial charge in [0.05, 0.1) is 18.9 Å². The molecule has 0 radical (unpaired) electrons. The molecule has 2 rings (SSSR count). The fourth-order valence-corrected chi connectivity index (χ4v) is 2.63. The lowest BCUT2D eigenvalue weighted by Gasteiger charge is -2.18. The summed E-state index contributed by atoms with van der Waals surface area (Å²) >= 11 is 0. The molecular formula is C20H22N2O4. The molecule has 6 heteroatoms. The number of carbonyl (C=O) groups excluding carboxylic acids is 2. The molecule has 2 aromatic carbocycles. The van der Waals surface area contributed by atoms with Crippen LogP contribution in [0.1, 0.15) is 36.1 Å². The summed E-state index contributed by atoms with van der Waals surface area (Å²) in [6.45, 7) is 3.38. The van der Waals surface area contributed by atoms with Crippen LogP contribution < -0.4 is 10.6 Å². The van der Waals surface area contributed by atoms with E-state index < -0.39 is 12.0 Å². The maximum atomic E-state index is 12.4. The molecule has 6 nitrogen and oxygen atoms in total.